The number of pyridine rings is 1. The molecule has 1 fully saturated rings. The number of benzene rings is 1. The fraction of sp³-hybridized carbons (Fsp3) is 0.450. The normalized spacial score (nSPS) is 16.3. The summed E-state index contributed by atoms with van der Waals surface area (Å²) in [7, 11) is 3.31. The molecule has 0 aliphatic carbocycles. The van der Waals surface area contributed by atoms with Gasteiger partial charge in [0, 0.05) is 55.2 Å². The first-order valence-electron chi connectivity index (χ1n) is 8.93. The van der Waals surface area contributed by atoms with Crippen LogP contribution < -0.4 is 9.47 Å². The molecule has 1 aromatic carbocycles. The summed E-state index contributed by atoms with van der Waals surface area (Å²) in [6, 6.07) is 7.90. The molecule has 1 aromatic heterocycles. The Morgan fingerprint density at radius 1 is 1.04 bits per heavy atom. The summed E-state index contributed by atoms with van der Waals surface area (Å²) in [5, 5.41) is 0.672. The molecule has 0 amide bonds. The second-order valence-corrected chi connectivity index (χ2v) is 7.00. The van der Waals surface area contributed by atoms with Crippen molar-refractivity contribution in [2.45, 2.75) is 19.5 Å². The minimum atomic E-state index is 0.672. The monoisotopic (exact) mass is 375 g/mol. The fourth-order valence-corrected chi connectivity index (χ4v) is 3.69. The van der Waals surface area contributed by atoms with Crippen molar-refractivity contribution in [1.29, 1.82) is 0 Å². The molecule has 3 rings (SSSR count). The van der Waals surface area contributed by atoms with Gasteiger partial charge < -0.3 is 9.47 Å². The van der Waals surface area contributed by atoms with Gasteiger partial charge in [0.1, 0.15) is 0 Å². The van der Waals surface area contributed by atoms with Crippen LogP contribution in [0.2, 0.25) is 5.02 Å². The Labute approximate surface area is 160 Å². The van der Waals surface area contributed by atoms with Gasteiger partial charge in [-0.1, -0.05) is 17.7 Å². The molecule has 5 nitrogen and oxygen atoms in total. The predicted octanol–water partition coefficient (Wildman–Crippen LogP) is 3.46. The summed E-state index contributed by atoms with van der Waals surface area (Å²) in [6.45, 7) is 5.97. The van der Waals surface area contributed by atoms with E-state index in [9.17, 15) is 0 Å². The zero-order chi connectivity index (χ0) is 18.4. The van der Waals surface area contributed by atoms with Crippen molar-refractivity contribution >= 4 is 11.6 Å². The number of hydrogen-bond acceptors (Lipinski definition) is 5. The summed E-state index contributed by atoms with van der Waals surface area (Å²) in [5.74, 6) is 1.45. The molecule has 0 radical (unpaired) electrons. The van der Waals surface area contributed by atoms with E-state index in [-0.39, 0.29) is 0 Å². The van der Waals surface area contributed by atoms with Crippen molar-refractivity contribution in [3.05, 3.63) is 52.8 Å². The first kappa shape index (κ1) is 19.0. The van der Waals surface area contributed by atoms with Crippen LogP contribution in [0.5, 0.6) is 11.5 Å². The van der Waals surface area contributed by atoms with Crippen LogP contribution in [0.4, 0.5) is 0 Å². The van der Waals surface area contributed by atoms with Crippen LogP contribution in [0.3, 0.4) is 0 Å². The number of hydrogen-bond donors (Lipinski definition) is 0. The van der Waals surface area contributed by atoms with Gasteiger partial charge in [-0.05, 0) is 37.2 Å². The Morgan fingerprint density at radius 3 is 2.46 bits per heavy atom. The van der Waals surface area contributed by atoms with Crippen molar-refractivity contribution in [2.24, 2.45) is 0 Å². The molecule has 0 saturated carbocycles. The highest BCUT2D eigenvalue weighted by atomic mass is 35.5. The molecule has 0 unspecified atom stereocenters. The highest BCUT2D eigenvalue weighted by molar-refractivity contribution is 6.30. The van der Waals surface area contributed by atoms with Crippen molar-refractivity contribution in [3.63, 3.8) is 0 Å². The summed E-state index contributed by atoms with van der Waals surface area (Å²) in [5.41, 5.74) is 2.33. The highest BCUT2D eigenvalue weighted by Gasteiger charge is 2.19. The van der Waals surface area contributed by atoms with E-state index < -0.39 is 0 Å². The molecule has 1 aliphatic heterocycles. The van der Waals surface area contributed by atoms with Crippen molar-refractivity contribution < 1.29 is 9.47 Å². The maximum atomic E-state index is 6.25. The quantitative estimate of drug-likeness (QED) is 0.773. The highest BCUT2D eigenvalue weighted by Crippen LogP contribution is 2.35. The maximum absolute atomic E-state index is 6.25. The largest absolute Gasteiger partial charge is 0.493 e. The summed E-state index contributed by atoms with van der Waals surface area (Å²) < 4.78 is 11.0. The van der Waals surface area contributed by atoms with Gasteiger partial charge in [0.05, 0.1) is 14.2 Å². The molecule has 1 aliphatic rings. The molecule has 6 heteroatoms. The molecule has 26 heavy (non-hydrogen) atoms. The Hall–Kier alpha value is -1.82. The molecule has 140 valence electrons. The van der Waals surface area contributed by atoms with Gasteiger partial charge in [0.25, 0.3) is 0 Å². The lowest BCUT2D eigenvalue weighted by Crippen LogP contribution is -2.30. The van der Waals surface area contributed by atoms with E-state index in [0.29, 0.717) is 10.8 Å². The van der Waals surface area contributed by atoms with Crippen LogP contribution in [0.1, 0.15) is 17.5 Å². The predicted molar refractivity (Wildman–Crippen MR) is 104 cm³/mol. The molecule has 0 bridgehead atoms. The SMILES string of the molecule is COc1cc(Cl)cc(CN2CCCN(Cc3cccnc3)CC2)c1OC. The van der Waals surface area contributed by atoms with Gasteiger partial charge in [-0.25, -0.2) is 0 Å². The Kier molecular flexibility index (Phi) is 6.72. The van der Waals surface area contributed by atoms with E-state index in [4.69, 9.17) is 21.1 Å². The van der Waals surface area contributed by atoms with E-state index in [1.807, 2.05) is 24.5 Å². The fourth-order valence-electron chi connectivity index (χ4n) is 3.45. The van der Waals surface area contributed by atoms with Gasteiger partial charge in [0.15, 0.2) is 11.5 Å². The van der Waals surface area contributed by atoms with Crippen LogP contribution in [-0.2, 0) is 13.1 Å². The zero-order valence-corrected chi connectivity index (χ0v) is 16.2. The number of nitrogens with zero attached hydrogens (tertiary/aromatic N) is 3. The van der Waals surface area contributed by atoms with Crippen LogP contribution in [0, 0.1) is 0 Å². The minimum absolute atomic E-state index is 0.672. The van der Waals surface area contributed by atoms with Crippen LogP contribution in [0.15, 0.2) is 36.7 Å². The molecule has 2 aromatic rings. The first-order chi connectivity index (χ1) is 12.7. The van der Waals surface area contributed by atoms with Gasteiger partial charge >= 0.3 is 0 Å². The van der Waals surface area contributed by atoms with E-state index in [1.165, 1.54) is 5.56 Å². The first-order valence-corrected chi connectivity index (χ1v) is 9.31. The van der Waals surface area contributed by atoms with Gasteiger partial charge in [-0.2, -0.15) is 0 Å². The third kappa shape index (κ3) is 4.87. The van der Waals surface area contributed by atoms with Crippen molar-refractivity contribution in [1.82, 2.24) is 14.8 Å². The van der Waals surface area contributed by atoms with Crippen molar-refractivity contribution in [2.75, 3.05) is 40.4 Å². The van der Waals surface area contributed by atoms with E-state index >= 15 is 0 Å². The maximum Gasteiger partial charge on any atom is 0.165 e. The Morgan fingerprint density at radius 2 is 1.81 bits per heavy atom. The van der Waals surface area contributed by atoms with E-state index in [2.05, 4.69) is 20.9 Å². The lowest BCUT2D eigenvalue weighted by atomic mass is 10.1. The second kappa shape index (κ2) is 9.21. The smallest absolute Gasteiger partial charge is 0.165 e. The van der Waals surface area contributed by atoms with Crippen LogP contribution in [-0.4, -0.2) is 55.2 Å². The third-order valence-electron chi connectivity index (χ3n) is 4.72. The van der Waals surface area contributed by atoms with Crippen molar-refractivity contribution in [3.8, 4) is 11.5 Å². The number of aromatic nitrogens is 1. The Balaban J connectivity index is 1.64. The average molecular weight is 376 g/mol. The van der Waals surface area contributed by atoms with Gasteiger partial charge in [-0.3, -0.25) is 14.8 Å². The number of methoxy groups -OCH3 is 2. The standard InChI is InChI=1S/C20H26ClN3O2/c1-25-19-12-18(21)11-17(20(19)26-2)15-24-8-4-7-23(9-10-24)14-16-5-3-6-22-13-16/h3,5-6,11-13H,4,7-10,14-15H2,1-2H3. The molecular weight excluding hydrogens is 350 g/mol. The van der Waals surface area contributed by atoms with E-state index in [1.54, 1.807) is 20.3 Å². The minimum Gasteiger partial charge on any atom is -0.493 e. The molecule has 1 saturated heterocycles. The number of rotatable bonds is 6. The molecule has 2 heterocycles. The van der Waals surface area contributed by atoms with Crippen LogP contribution in [0.25, 0.3) is 0 Å². The van der Waals surface area contributed by atoms with Gasteiger partial charge in [-0.15, -0.1) is 0 Å². The molecule has 0 spiro atoms. The Bertz CT molecular complexity index is 712. The lowest BCUT2D eigenvalue weighted by Gasteiger charge is -2.23. The third-order valence-corrected chi connectivity index (χ3v) is 4.94. The second-order valence-electron chi connectivity index (χ2n) is 6.57. The molecular formula is C20H26ClN3O2. The average Bonchev–Trinajstić information content (AvgIpc) is 2.87. The lowest BCUT2D eigenvalue weighted by molar-refractivity contribution is 0.244. The van der Waals surface area contributed by atoms with Gasteiger partial charge in [0.2, 0.25) is 0 Å². The summed E-state index contributed by atoms with van der Waals surface area (Å²) in [6.07, 6.45) is 4.91. The zero-order valence-electron chi connectivity index (χ0n) is 15.4. The molecule has 0 N–H and O–H groups in total. The number of ether oxygens (including phenoxy) is 2. The summed E-state index contributed by atoms with van der Waals surface area (Å²) in [4.78, 5) is 9.16. The van der Waals surface area contributed by atoms with Crippen LogP contribution >= 0.6 is 11.6 Å². The number of halogens is 1. The molecule has 0 atom stereocenters. The van der Waals surface area contributed by atoms with E-state index in [0.717, 1.165) is 57.0 Å². The topological polar surface area (TPSA) is 37.8 Å². The summed E-state index contributed by atoms with van der Waals surface area (Å²) >= 11 is 6.25.